The number of rotatable bonds is 10. The summed E-state index contributed by atoms with van der Waals surface area (Å²) in [7, 11) is 0. The second-order valence-corrected chi connectivity index (χ2v) is 5.85. The van der Waals surface area contributed by atoms with Gasteiger partial charge >= 0.3 is 5.97 Å². The first-order valence-electron chi connectivity index (χ1n) is 7.54. The fourth-order valence-electron chi connectivity index (χ4n) is 1.79. The first kappa shape index (κ1) is 21.8. The van der Waals surface area contributed by atoms with Crippen LogP contribution in [0, 0.1) is 5.92 Å². The number of aliphatic carboxylic acids is 1. The summed E-state index contributed by atoms with van der Waals surface area (Å²) in [5, 5.41) is 24.7. The lowest BCUT2D eigenvalue weighted by atomic mass is 10.0. The van der Waals surface area contributed by atoms with Crippen LogP contribution in [0.1, 0.15) is 27.2 Å². The van der Waals surface area contributed by atoms with E-state index in [-0.39, 0.29) is 5.92 Å². The van der Waals surface area contributed by atoms with Crippen LogP contribution in [0.2, 0.25) is 0 Å². The zero-order chi connectivity index (χ0) is 18.9. The molecule has 10 nitrogen and oxygen atoms in total. The smallest absolute Gasteiger partial charge is 0.322 e. The van der Waals surface area contributed by atoms with E-state index in [1.165, 1.54) is 6.92 Å². The Morgan fingerprint density at radius 3 is 2.04 bits per heavy atom. The number of carbonyl (C=O) groups excluding carboxylic acids is 3. The van der Waals surface area contributed by atoms with E-state index in [1.807, 2.05) is 13.8 Å². The molecule has 10 heteroatoms. The Morgan fingerprint density at radius 2 is 1.58 bits per heavy atom. The molecule has 0 radical (unpaired) electrons. The van der Waals surface area contributed by atoms with Crippen LogP contribution in [0.4, 0.5) is 0 Å². The number of aliphatic hydroxyl groups excluding tert-OH is 1. The third kappa shape index (κ3) is 9.06. The first-order chi connectivity index (χ1) is 11.0. The molecule has 3 amide bonds. The largest absolute Gasteiger partial charge is 0.480 e. The maximum atomic E-state index is 12.0. The average molecular weight is 346 g/mol. The van der Waals surface area contributed by atoms with Crippen molar-refractivity contribution in [1.29, 1.82) is 0 Å². The number of aliphatic hydroxyl groups is 1. The van der Waals surface area contributed by atoms with Crippen molar-refractivity contribution in [3.63, 3.8) is 0 Å². The van der Waals surface area contributed by atoms with Crippen LogP contribution in [-0.4, -0.2) is 65.2 Å². The van der Waals surface area contributed by atoms with Crippen LogP contribution >= 0.6 is 0 Å². The monoisotopic (exact) mass is 346 g/mol. The summed E-state index contributed by atoms with van der Waals surface area (Å²) in [5.41, 5.74) is 5.71. The minimum absolute atomic E-state index is 0.183. The van der Waals surface area contributed by atoms with Gasteiger partial charge in [0.25, 0.3) is 0 Å². The molecule has 0 aliphatic rings. The molecule has 0 aliphatic heterocycles. The van der Waals surface area contributed by atoms with Crippen LogP contribution in [0.25, 0.3) is 0 Å². The Labute approximate surface area is 140 Å². The molecule has 0 aromatic heterocycles. The number of carbonyl (C=O) groups is 4. The maximum absolute atomic E-state index is 12.0. The normalized spacial score (nSPS) is 14.4. The summed E-state index contributed by atoms with van der Waals surface area (Å²) in [6.45, 7) is 4.03. The lowest BCUT2D eigenvalue weighted by Crippen LogP contribution is -2.57. The molecule has 0 bridgehead atoms. The van der Waals surface area contributed by atoms with Gasteiger partial charge in [0.15, 0.2) is 0 Å². The second kappa shape index (κ2) is 10.6. The van der Waals surface area contributed by atoms with Crippen molar-refractivity contribution < 1.29 is 29.4 Å². The highest BCUT2D eigenvalue weighted by Crippen LogP contribution is 2.03. The number of hydrogen-bond donors (Lipinski definition) is 6. The van der Waals surface area contributed by atoms with Crippen LogP contribution in [0.15, 0.2) is 0 Å². The fraction of sp³-hybridized carbons (Fsp3) is 0.714. The number of nitrogens with two attached hydrogens (primary N) is 1. The molecule has 138 valence electrons. The van der Waals surface area contributed by atoms with Gasteiger partial charge in [-0.15, -0.1) is 0 Å². The van der Waals surface area contributed by atoms with Crippen LogP contribution in [-0.2, 0) is 19.2 Å². The maximum Gasteiger partial charge on any atom is 0.322 e. The van der Waals surface area contributed by atoms with Gasteiger partial charge in [-0.25, -0.2) is 0 Å². The predicted octanol–water partition coefficient (Wildman–Crippen LogP) is -2.46. The zero-order valence-corrected chi connectivity index (χ0v) is 14.0. The van der Waals surface area contributed by atoms with Crippen molar-refractivity contribution in [2.75, 3.05) is 13.1 Å². The molecule has 0 rings (SSSR count). The quantitative estimate of drug-likeness (QED) is 0.255. The van der Waals surface area contributed by atoms with Crippen molar-refractivity contribution in [3.05, 3.63) is 0 Å². The Kier molecular flexibility index (Phi) is 9.58. The van der Waals surface area contributed by atoms with Crippen LogP contribution in [0.3, 0.4) is 0 Å². The molecule has 0 saturated heterocycles. The summed E-state index contributed by atoms with van der Waals surface area (Å²) in [6, 6.07) is -2.10. The van der Waals surface area contributed by atoms with Crippen molar-refractivity contribution in [2.45, 2.75) is 45.4 Å². The van der Waals surface area contributed by atoms with Crippen LogP contribution in [0.5, 0.6) is 0 Å². The van der Waals surface area contributed by atoms with Gasteiger partial charge < -0.3 is 31.9 Å². The SMILES string of the molecule is CC(C)CC(N)C(=O)NC(C(=O)NCC(=O)NCC(=O)O)C(C)O. The lowest BCUT2D eigenvalue weighted by Gasteiger charge is -2.23. The van der Waals surface area contributed by atoms with E-state index in [2.05, 4.69) is 16.0 Å². The molecule has 0 aromatic carbocycles. The Bertz CT molecular complexity index is 466. The first-order valence-corrected chi connectivity index (χ1v) is 7.54. The Morgan fingerprint density at radius 1 is 1.00 bits per heavy atom. The second-order valence-electron chi connectivity index (χ2n) is 5.85. The van der Waals surface area contributed by atoms with E-state index in [0.29, 0.717) is 6.42 Å². The minimum atomic E-state index is -1.28. The van der Waals surface area contributed by atoms with Gasteiger partial charge in [-0.1, -0.05) is 13.8 Å². The molecule has 0 aromatic rings. The summed E-state index contributed by atoms with van der Waals surface area (Å²) < 4.78 is 0. The average Bonchev–Trinajstić information content (AvgIpc) is 2.46. The predicted molar refractivity (Wildman–Crippen MR) is 84.7 cm³/mol. The zero-order valence-electron chi connectivity index (χ0n) is 14.0. The molecule has 24 heavy (non-hydrogen) atoms. The van der Waals surface area contributed by atoms with Gasteiger partial charge in [-0.3, -0.25) is 19.2 Å². The third-order valence-corrected chi connectivity index (χ3v) is 2.98. The van der Waals surface area contributed by atoms with E-state index in [0.717, 1.165) is 0 Å². The van der Waals surface area contributed by atoms with Gasteiger partial charge in [0.05, 0.1) is 18.7 Å². The molecule has 3 unspecified atom stereocenters. The highest BCUT2D eigenvalue weighted by Gasteiger charge is 2.28. The number of amides is 3. The summed E-state index contributed by atoms with van der Waals surface area (Å²) >= 11 is 0. The van der Waals surface area contributed by atoms with Crippen molar-refractivity contribution in [1.82, 2.24) is 16.0 Å². The summed E-state index contributed by atoms with van der Waals surface area (Å²) in [6.07, 6.45) is -0.792. The van der Waals surface area contributed by atoms with E-state index in [4.69, 9.17) is 10.8 Å². The standard InChI is InChI=1S/C14H26N4O6/c1-7(2)4-9(15)13(23)18-12(8(3)19)14(24)17-5-10(20)16-6-11(21)22/h7-9,12,19H,4-6,15H2,1-3H3,(H,16,20)(H,17,24)(H,18,23)(H,21,22). The molecular weight excluding hydrogens is 320 g/mol. The van der Waals surface area contributed by atoms with Gasteiger partial charge in [0.1, 0.15) is 12.6 Å². The van der Waals surface area contributed by atoms with E-state index >= 15 is 0 Å². The Balaban J connectivity index is 4.54. The van der Waals surface area contributed by atoms with Crippen molar-refractivity contribution in [2.24, 2.45) is 11.7 Å². The molecule has 0 aliphatic carbocycles. The topological polar surface area (TPSA) is 171 Å². The van der Waals surface area contributed by atoms with Crippen molar-refractivity contribution in [3.8, 4) is 0 Å². The Hall–Kier alpha value is -2.20. The lowest BCUT2D eigenvalue weighted by molar-refractivity contribution is -0.138. The van der Waals surface area contributed by atoms with Gasteiger partial charge in [-0.05, 0) is 19.3 Å². The number of carboxylic acid groups (broad SMARTS) is 1. The summed E-state index contributed by atoms with van der Waals surface area (Å²) in [5.74, 6) is -3.11. The highest BCUT2D eigenvalue weighted by molar-refractivity contribution is 5.92. The molecule has 0 spiro atoms. The molecular formula is C14H26N4O6. The number of hydrogen-bond acceptors (Lipinski definition) is 6. The molecule has 0 saturated carbocycles. The minimum Gasteiger partial charge on any atom is -0.480 e. The number of carboxylic acids is 1. The molecule has 7 N–H and O–H groups in total. The summed E-state index contributed by atoms with van der Waals surface area (Å²) in [4.78, 5) is 45.6. The molecule has 3 atom stereocenters. The third-order valence-electron chi connectivity index (χ3n) is 2.98. The fourth-order valence-corrected chi connectivity index (χ4v) is 1.79. The highest BCUT2D eigenvalue weighted by atomic mass is 16.4. The molecule has 0 fully saturated rings. The van der Waals surface area contributed by atoms with E-state index in [1.54, 1.807) is 0 Å². The van der Waals surface area contributed by atoms with Crippen LogP contribution < -0.4 is 21.7 Å². The number of nitrogens with one attached hydrogen (secondary N) is 3. The van der Waals surface area contributed by atoms with Crippen molar-refractivity contribution >= 4 is 23.7 Å². The van der Waals surface area contributed by atoms with Gasteiger partial charge in [-0.2, -0.15) is 0 Å². The van der Waals surface area contributed by atoms with E-state index < -0.39 is 55.0 Å². The molecule has 0 heterocycles. The van der Waals surface area contributed by atoms with E-state index in [9.17, 15) is 24.3 Å². The van der Waals surface area contributed by atoms with Gasteiger partial charge in [0.2, 0.25) is 17.7 Å². The van der Waals surface area contributed by atoms with Gasteiger partial charge in [0, 0.05) is 0 Å².